The molecule has 4 rings (SSSR count). The average molecular weight is 395 g/mol. The van der Waals surface area contributed by atoms with Crippen molar-refractivity contribution < 1.29 is 28.5 Å². The average Bonchev–Trinajstić information content (AvgIpc) is 3.10. The van der Waals surface area contributed by atoms with Gasteiger partial charge in [-0.1, -0.05) is 6.07 Å². The van der Waals surface area contributed by atoms with Crippen molar-refractivity contribution in [3.05, 3.63) is 53.2 Å². The standard InChI is InChI=1S/C22H21NO6/c1-3-25-17-8-6-15(13-20(17)26-4-2)21-23-16(22(24)29-21)11-14-5-7-18-19(12-14)28-10-9-27-18/h5-8,11-13H,3-4,9-10H2,1-2H3/b16-11-. The van der Waals surface area contributed by atoms with Gasteiger partial charge in [-0.3, -0.25) is 0 Å². The second-order valence-corrected chi connectivity index (χ2v) is 6.27. The number of cyclic esters (lactones) is 1. The third-order valence-electron chi connectivity index (χ3n) is 4.28. The molecule has 0 bridgehead atoms. The first-order valence-corrected chi connectivity index (χ1v) is 9.50. The fourth-order valence-electron chi connectivity index (χ4n) is 3.02. The maximum absolute atomic E-state index is 12.3. The fraction of sp³-hybridized carbons (Fsp3) is 0.273. The molecule has 2 aliphatic rings. The summed E-state index contributed by atoms with van der Waals surface area (Å²) < 4.78 is 27.7. The van der Waals surface area contributed by atoms with Crippen molar-refractivity contribution in [2.75, 3.05) is 26.4 Å². The predicted octanol–water partition coefficient (Wildman–Crippen LogP) is 3.60. The van der Waals surface area contributed by atoms with Gasteiger partial charge in [-0.25, -0.2) is 9.79 Å². The number of carbonyl (C=O) groups excluding carboxylic acids is 1. The first kappa shape index (κ1) is 18.9. The Morgan fingerprint density at radius 3 is 2.52 bits per heavy atom. The number of hydrogen-bond donors (Lipinski definition) is 0. The van der Waals surface area contributed by atoms with Crippen LogP contribution in [0.1, 0.15) is 25.0 Å². The molecular weight excluding hydrogens is 374 g/mol. The molecule has 2 aromatic rings. The topological polar surface area (TPSA) is 75.6 Å². The summed E-state index contributed by atoms with van der Waals surface area (Å²) in [6, 6.07) is 10.8. The Hall–Kier alpha value is -3.48. The maximum atomic E-state index is 12.3. The zero-order valence-electron chi connectivity index (χ0n) is 16.3. The van der Waals surface area contributed by atoms with Gasteiger partial charge in [-0.05, 0) is 55.8 Å². The molecule has 0 aromatic heterocycles. The van der Waals surface area contributed by atoms with Crippen molar-refractivity contribution in [2.24, 2.45) is 4.99 Å². The Morgan fingerprint density at radius 2 is 1.72 bits per heavy atom. The van der Waals surface area contributed by atoms with E-state index in [0.717, 1.165) is 5.56 Å². The highest BCUT2D eigenvalue weighted by molar-refractivity contribution is 6.13. The lowest BCUT2D eigenvalue weighted by molar-refractivity contribution is -0.129. The molecule has 29 heavy (non-hydrogen) atoms. The van der Waals surface area contributed by atoms with Gasteiger partial charge >= 0.3 is 5.97 Å². The fourth-order valence-corrected chi connectivity index (χ4v) is 3.02. The molecule has 0 atom stereocenters. The van der Waals surface area contributed by atoms with E-state index in [1.54, 1.807) is 24.3 Å². The highest BCUT2D eigenvalue weighted by atomic mass is 16.6. The van der Waals surface area contributed by atoms with Crippen LogP contribution in [0.15, 0.2) is 47.1 Å². The summed E-state index contributed by atoms with van der Waals surface area (Å²) in [6.45, 7) is 5.84. The molecule has 2 aliphatic heterocycles. The van der Waals surface area contributed by atoms with Crippen LogP contribution in [0.5, 0.6) is 23.0 Å². The number of benzene rings is 2. The Bertz CT molecular complexity index is 995. The molecule has 0 unspecified atom stereocenters. The van der Waals surface area contributed by atoms with Crippen LogP contribution < -0.4 is 18.9 Å². The number of carbonyl (C=O) groups is 1. The number of ether oxygens (including phenoxy) is 5. The van der Waals surface area contributed by atoms with Gasteiger partial charge in [0.05, 0.1) is 13.2 Å². The van der Waals surface area contributed by atoms with Crippen LogP contribution in [-0.4, -0.2) is 38.3 Å². The number of nitrogens with zero attached hydrogens (tertiary/aromatic N) is 1. The maximum Gasteiger partial charge on any atom is 0.363 e. The summed E-state index contributed by atoms with van der Waals surface area (Å²) in [6.07, 6.45) is 1.66. The van der Waals surface area contributed by atoms with Crippen molar-refractivity contribution in [2.45, 2.75) is 13.8 Å². The van der Waals surface area contributed by atoms with Gasteiger partial charge in [0.2, 0.25) is 5.90 Å². The van der Waals surface area contributed by atoms with Gasteiger partial charge < -0.3 is 23.7 Å². The van der Waals surface area contributed by atoms with E-state index in [4.69, 9.17) is 23.7 Å². The summed E-state index contributed by atoms with van der Waals surface area (Å²) >= 11 is 0. The Balaban J connectivity index is 1.62. The van der Waals surface area contributed by atoms with Crippen LogP contribution in [0.3, 0.4) is 0 Å². The largest absolute Gasteiger partial charge is 0.490 e. The molecule has 0 saturated carbocycles. The van der Waals surface area contributed by atoms with Gasteiger partial charge in [0.15, 0.2) is 28.7 Å². The van der Waals surface area contributed by atoms with Crippen molar-refractivity contribution >= 4 is 17.9 Å². The zero-order valence-corrected chi connectivity index (χ0v) is 16.3. The monoisotopic (exact) mass is 395 g/mol. The molecule has 7 heteroatoms. The SMILES string of the molecule is CCOc1ccc(C2=N/C(=C\c3ccc4c(c3)OCCO4)C(=O)O2)cc1OCC. The normalized spacial score (nSPS) is 16.4. The summed E-state index contributed by atoms with van der Waals surface area (Å²) in [5.41, 5.74) is 1.62. The zero-order chi connectivity index (χ0) is 20.2. The van der Waals surface area contributed by atoms with Crippen LogP contribution in [0.2, 0.25) is 0 Å². The lowest BCUT2D eigenvalue weighted by atomic mass is 10.1. The van der Waals surface area contributed by atoms with E-state index in [1.807, 2.05) is 32.0 Å². The van der Waals surface area contributed by atoms with E-state index in [9.17, 15) is 4.79 Å². The summed E-state index contributed by atoms with van der Waals surface area (Å²) in [5, 5.41) is 0. The number of fused-ring (bicyclic) bond motifs is 1. The molecule has 0 N–H and O–H groups in total. The third-order valence-corrected chi connectivity index (χ3v) is 4.28. The van der Waals surface area contributed by atoms with Crippen LogP contribution in [0.4, 0.5) is 0 Å². The Morgan fingerprint density at radius 1 is 0.966 bits per heavy atom. The third kappa shape index (κ3) is 4.03. The molecular formula is C22H21NO6. The summed E-state index contributed by atoms with van der Waals surface area (Å²) in [7, 11) is 0. The van der Waals surface area contributed by atoms with E-state index in [0.29, 0.717) is 55.0 Å². The lowest BCUT2D eigenvalue weighted by Gasteiger charge is -2.18. The second kappa shape index (κ2) is 8.26. The first-order chi connectivity index (χ1) is 14.2. The Kier molecular flexibility index (Phi) is 5.37. The molecule has 0 amide bonds. The highest BCUT2D eigenvalue weighted by Gasteiger charge is 2.25. The smallest absolute Gasteiger partial charge is 0.363 e. The number of aliphatic imine (C=N–C) groups is 1. The molecule has 0 aliphatic carbocycles. The van der Waals surface area contributed by atoms with E-state index < -0.39 is 5.97 Å². The predicted molar refractivity (Wildman–Crippen MR) is 107 cm³/mol. The first-order valence-electron chi connectivity index (χ1n) is 9.50. The van der Waals surface area contributed by atoms with Gasteiger partial charge in [-0.2, -0.15) is 0 Å². The number of esters is 1. The van der Waals surface area contributed by atoms with Crippen LogP contribution >= 0.6 is 0 Å². The highest BCUT2D eigenvalue weighted by Crippen LogP contribution is 2.33. The second-order valence-electron chi connectivity index (χ2n) is 6.27. The molecule has 0 fully saturated rings. The van der Waals surface area contributed by atoms with Gasteiger partial charge in [0.1, 0.15) is 13.2 Å². The minimum Gasteiger partial charge on any atom is -0.490 e. The van der Waals surface area contributed by atoms with E-state index in [-0.39, 0.29) is 11.6 Å². The van der Waals surface area contributed by atoms with Gasteiger partial charge in [0, 0.05) is 5.56 Å². The molecule has 150 valence electrons. The minimum atomic E-state index is -0.512. The lowest BCUT2D eigenvalue weighted by Crippen LogP contribution is -2.15. The van der Waals surface area contributed by atoms with Gasteiger partial charge in [0.25, 0.3) is 0 Å². The Labute approximate surface area is 168 Å². The van der Waals surface area contributed by atoms with Crippen molar-refractivity contribution in [3.63, 3.8) is 0 Å². The van der Waals surface area contributed by atoms with E-state index in [1.165, 1.54) is 0 Å². The number of hydrogen-bond acceptors (Lipinski definition) is 7. The molecule has 2 aromatic carbocycles. The van der Waals surface area contributed by atoms with E-state index >= 15 is 0 Å². The number of rotatable bonds is 6. The van der Waals surface area contributed by atoms with Crippen molar-refractivity contribution in [1.82, 2.24) is 0 Å². The van der Waals surface area contributed by atoms with Crippen molar-refractivity contribution in [1.29, 1.82) is 0 Å². The van der Waals surface area contributed by atoms with Crippen LogP contribution in [0, 0.1) is 0 Å². The molecule has 0 spiro atoms. The van der Waals surface area contributed by atoms with Gasteiger partial charge in [-0.15, -0.1) is 0 Å². The molecule has 0 radical (unpaired) electrons. The molecule has 0 saturated heterocycles. The molecule has 7 nitrogen and oxygen atoms in total. The summed E-state index contributed by atoms with van der Waals surface area (Å²) in [4.78, 5) is 16.7. The van der Waals surface area contributed by atoms with Crippen LogP contribution in [0.25, 0.3) is 6.08 Å². The van der Waals surface area contributed by atoms with E-state index in [2.05, 4.69) is 4.99 Å². The van der Waals surface area contributed by atoms with Crippen molar-refractivity contribution in [3.8, 4) is 23.0 Å². The minimum absolute atomic E-state index is 0.212. The molecule has 2 heterocycles. The van der Waals surface area contributed by atoms with Crippen LogP contribution in [-0.2, 0) is 9.53 Å². The quantitative estimate of drug-likeness (QED) is 0.550. The summed E-state index contributed by atoms with van der Waals surface area (Å²) in [5.74, 6) is 2.26.